The number of rotatable bonds is 4. The van der Waals surface area contributed by atoms with Crippen LogP contribution >= 0.6 is 0 Å². The van der Waals surface area contributed by atoms with Crippen molar-refractivity contribution in [2.24, 2.45) is 13.0 Å². The van der Waals surface area contributed by atoms with Crippen LogP contribution in [0, 0.1) is 12.8 Å². The van der Waals surface area contributed by atoms with E-state index in [-0.39, 0.29) is 0 Å². The van der Waals surface area contributed by atoms with E-state index in [0.717, 1.165) is 18.7 Å². The molecule has 0 aromatic carbocycles. The third-order valence-electron chi connectivity index (χ3n) is 2.21. The fourth-order valence-electron chi connectivity index (χ4n) is 1.63. The second kappa shape index (κ2) is 4.42. The van der Waals surface area contributed by atoms with Gasteiger partial charge in [-0.15, -0.1) is 0 Å². The van der Waals surface area contributed by atoms with Gasteiger partial charge in [0.05, 0.1) is 5.69 Å². The van der Waals surface area contributed by atoms with Crippen LogP contribution in [-0.4, -0.2) is 23.4 Å². The fourth-order valence-corrected chi connectivity index (χ4v) is 1.63. The van der Waals surface area contributed by atoms with Gasteiger partial charge in [0.15, 0.2) is 0 Å². The van der Waals surface area contributed by atoms with Crippen LogP contribution in [0.3, 0.4) is 0 Å². The highest BCUT2D eigenvalue weighted by atomic mass is 15.3. The number of hydrogen-bond donors (Lipinski definition) is 1. The molecule has 74 valence electrons. The Morgan fingerprint density at radius 2 is 2.31 bits per heavy atom. The first-order valence-corrected chi connectivity index (χ1v) is 4.77. The van der Waals surface area contributed by atoms with Crippen molar-refractivity contribution >= 4 is 0 Å². The molecule has 3 heteroatoms. The zero-order valence-electron chi connectivity index (χ0n) is 8.96. The minimum atomic E-state index is 0.666. The predicted octanol–water partition coefficient (Wildman–Crippen LogP) is 1.13. The summed E-state index contributed by atoms with van der Waals surface area (Å²) in [5.74, 6) is 0.666. The highest BCUT2D eigenvalue weighted by molar-refractivity contribution is 5.09. The van der Waals surface area contributed by atoms with Gasteiger partial charge in [-0.1, -0.05) is 6.92 Å². The molecule has 1 unspecified atom stereocenters. The monoisotopic (exact) mass is 181 g/mol. The normalized spacial score (nSPS) is 13.2. The van der Waals surface area contributed by atoms with Gasteiger partial charge >= 0.3 is 0 Å². The predicted molar refractivity (Wildman–Crippen MR) is 54.7 cm³/mol. The van der Waals surface area contributed by atoms with E-state index in [1.807, 2.05) is 25.7 Å². The van der Waals surface area contributed by atoms with Crippen molar-refractivity contribution in [3.63, 3.8) is 0 Å². The zero-order chi connectivity index (χ0) is 9.84. The van der Waals surface area contributed by atoms with Crippen LogP contribution in [0.5, 0.6) is 0 Å². The number of aromatic nitrogens is 2. The first kappa shape index (κ1) is 10.3. The Kier molecular flexibility index (Phi) is 3.48. The maximum absolute atomic E-state index is 4.32. The summed E-state index contributed by atoms with van der Waals surface area (Å²) in [6.45, 7) is 5.34. The summed E-state index contributed by atoms with van der Waals surface area (Å²) >= 11 is 0. The molecule has 0 saturated heterocycles. The summed E-state index contributed by atoms with van der Waals surface area (Å²) in [5.41, 5.74) is 2.43. The molecule has 13 heavy (non-hydrogen) atoms. The van der Waals surface area contributed by atoms with Crippen molar-refractivity contribution in [2.75, 3.05) is 13.6 Å². The average Bonchev–Trinajstić information content (AvgIpc) is 2.30. The molecule has 1 aromatic rings. The zero-order valence-corrected chi connectivity index (χ0v) is 8.96. The standard InChI is InChI=1S/C10H19N3/c1-8(7-11-3)5-10-6-9(2)12-13(10)4/h6,8,11H,5,7H2,1-4H3. The van der Waals surface area contributed by atoms with Crippen LogP contribution in [-0.2, 0) is 13.5 Å². The topological polar surface area (TPSA) is 29.9 Å². The SMILES string of the molecule is CNCC(C)Cc1cc(C)nn1C. The van der Waals surface area contributed by atoms with E-state index in [1.165, 1.54) is 5.69 Å². The van der Waals surface area contributed by atoms with E-state index in [4.69, 9.17) is 0 Å². The van der Waals surface area contributed by atoms with Crippen LogP contribution in [0.1, 0.15) is 18.3 Å². The summed E-state index contributed by atoms with van der Waals surface area (Å²) in [4.78, 5) is 0. The lowest BCUT2D eigenvalue weighted by molar-refractivity contribution is 0.520. The van der Waals surface area contributed by atoms with E-state index in [1.54, 1.807) is 0 Å². The summed E-state index contributed by atoms with van der Waals surface area (Å²) in [6.07, 6.45) is 1.10. The molecule has 0 spiro atoms. The molecule has 0 saturated carbocycles. The second-order valence-electron chi connectivity index (χ2n) is 3.77. The number of aryl methyl sites for hydroxylation is 2. The molecule has 0 aliphatic carbocycles. The van der Waals surface area contributed by atoms with Crippen molar-refractivity contribution in [1.29, 1.82) is 0 Å². The summed E-state index contributed by atoms with van der Waals surface area (Å²) < 4.78 is 1.97. The van der Waals surface area contributed by atoms with Crippen LogP contribution in [0.2, 0.25) is 0 Å². The molecular weight excluding hydrogens is 162 g/mol. The third-order valence-corrected chi connectivity index (χ3v) is 2.21. The highest BCUT2D eigenvalue weighted by Gasteiger charge is 2.06. The first-order chi connectivity index (χ1) is 6.13. The maximum atomic E-state index is 4.32. The minimum Gasteiger partial charge on any atom is -0.319 e. The molecule has 0 aliphatic rings. The smallest absolute Gasteiger partial charge is 0.0596 e. The number of nitrogens with zero attached hydrogens (tertiary/aromatic N) is 2. The second-order valence-corrected chi connectivity index (χ2v) is 3.77. The van der Waals surface area contributed by atoms with Crippen LogP contribution in [0.25, 0.3) is 0 Å². The Bertz CT molecular complexity index is 265. The molecule has 0 bridgehead atoms. The molecule has 1 heterocycles. The lowest BCUT2D eigenvalue weighted by atomic mass is 10.1. The van der Waals surface area contributed by atoms with Crippen molar-refractivity contribution in [1.82, 2.24) is 15.1 Å². The number of nitrogens with one attached hydrogen (secondary N) is 1. The Labute approximate surface area is 80.1 Å². The molecule has 1 N–H and O–H groups in total. The van der Waals surface area contributed by atoms with Crippen LogP contribution < -0.4 is 5.32 Å². The molecule has 1 rings (SSSR count). The molecule has 1 atom stereocenters. The van der Waals surface area contributed by atoms with E-state index in [2.05, 4.69) is 23.4 Å². The Hall–Kier alpha value is -0.830. The summed E-state index contributed by atoms with van der Waals surface area (Å²) in [6, 6.07) is 2.16. The van der Waals surface area contributed by atoms with Gasteiger partial charge in [-0.3, -0.25) is 4.68 Å². The van der Waals surface area contributed by atoms with E-state index in [9.17, 15) is 0 Å². The molecule has 0 fully saturated rings. The van der Waals surface area contributed by atoms with Gasteiger partial charge in [-0.2, -0.15) is 5.10 Å². The minimum absolute atomic E-state index is 0.666. The summed E-state index contributed by atoms with van der Waals surface area (Å²) in [5, 5.41) is 7.50. The summed E-state index contributed by atoms with van der Waals surface area (Å²) in [7, 11) is 4.00. The van der Waals surface area contributed by atoms with E-state index < -0.39 is 0 Å². The van der Waals surface area contributed by atoms with Crippen molar-refractivity contribution in [3.05, 3.63) is 17.5 Å². The van der Waals surface area contributed by atoms with Gasteiger partial charge in [-0.25, -0.2) is 0 Å². The lowest BCUT2D eigenvalue weighted by Crippen LogP contribution is -2.19. The maximum Gasteiger partial charge on any atom is 0.0596 e. The van der Waals surface area contributed by atoms with Gasteiger partial charge in [0.25, 0.3) is 0 Å². The Morgan fingerprint density at radius 1 is 1.62 bits per heavy atom. The van der Waals surface area contributed by atoms with E-state index in [0.29, 0.717) is 5.92 Å². The van der Waals surface area contributed by atoms with Gasteiger partial charge in [0.1, 0.15) is 0 Å². The van der Waals surface area contributed by atoms with Gasteiger partial charge in [0.2, 0.25) is 0 Å². The Morgan fingerprint density at radius 3 is 2.77 bits per heavy atom. The molecule has 0 radical (unpaired) electrons. The van der Waals surface area contributed by atoms with Crippen LogP contribution in [0.15, 0.2) is 6.07 Å². The largest absolute Gasteiger partial charge is 0.319 e. The van der Waals surface area contributed by atoms with Crippen molar-refractivity contribution in [3.8, 4) is 0 Å². The van der Waals surface area contributed by atoms with Crippen LogP contribution in [0.4, 0.5) is 0 Å². The quantitative estimate of drug-likeness (QED) is 0.754. The lowest BCUT2D eigenvalue weighted by Gasteiger charge is -2.09. The van der Waals surface area contributed by atoms with Crippen molar-refractivity contribution < 1.29 is 0 Å². The molecule has 0 aliphatic heterocycles. The van der Waals surface area contributed by atoms with Crippen molar-refractivity contribution in [2.45, 2.75) is 20.3 Å². The molecular formula is C10H19N3. The van der Waals surface area contributed by atoms with E-state index >= 15 is 0 Å². The highest BCUT2D eigenvalue weighted by Crippen LogP contribution is 2.08. The third kappa shape index (κ3) is 2.84. The average molecular weight is 181 g/mol. The Balaban J connectivity index is 2.57. The fraction of sp³-hybridized carbons (Fsp3) is 0.700. The molecule has 3 nitrogen and oxygen atoms in total. The van der Waals surface area contributed by atoms with Gasteiger partial charge in [0, 0.05) is 12.7 Å². The number of hydrogen-bond acceptors (Lipinski definition) is 2. The van der Waals surface area contributed by atoms with Gasteiger partial charge in [-0.05, 0) is 38.9 Å². The van der Waals surface area contributed by atoms with Gasteiger partial charge < -0.3 is 5.32 Å². The molecule has 1 aromatic heterocycles. The first-order valence-electron chi connectivity index (χ1n) is 4.77. The molecule has 0 amide bonds.